The molecule has 3 rings (SSSR count). The number of carbonyl (C=O) groups excluding carboxylic acids is 1. The van der Waals surface area contributed by atoms with Crippen LogP contribution in [0.1, 0.15) is 51.0 Å². The Bertz CT molecular complexity index is 680. The van der Waals surface area contributed by atoms with E-state index in [1.54, 1.807) is 17.0 Å². The van der Waals surface area contributed by atoms with Gasteiger partial charge in [-0.25, -0.2) is 4.39 Å². The van der Waals surface area contributed by atoms with Gasteiger partial charge in [-0.2, -0.15) is 0 Å². The minimum atomic E-state index is -0.863. The molecule has 0 aliphatic carbocycles. The van der Waals surface area contributed by atoms with E-state index in [4.69, 9.17) is 4.74 Å². The minimum Gasteiger partial charge on any atom is -0.481 e. The Hall–Kier alpha value is -1.95. The van der Waals surface area contributed by atoms with Crippen molar-refractivity contribution in [3.63, 3.8) is 0 Å². The van der Waals surface area contributed by atoms with E-state index < -0.39 is 16.8 Å². The van der Waals surface area contributed by atoms with Gasteiger partial charge in [0, 0.05) is 26.3 Å². The number of carbonyl (C=O) groups is 2. The lowest BCUT2D eigenvalue weighted by Crippen LogP contribution is -2.56. The third-order valence-corrected chi connectivity index (χ3v) is 6.20. The van der Waals surface area contributed by atoms with Crippen LogP contribution in [0.3, 0.4) is 0 Å². The summed E-state index contributed by atoms with van der Waals surface area (Å²) in [6.07, 6.45) is 3.69. The lowest BCUT2D eigenvalue weighted by Gasteiger charge is -2.45. The van der Waals surface area contributed by atoms with Crippen LogP contribution in [-0.4, -0.2) is 48.2 Å². The zero-order valence-electron chi connectivity index (χ0n) is 15.9. The van der Waals surface area contributed by atoms with Gasteiger partial charge in [-0.15, -0.1) is 0 Å². The number of carboxylic acids is 1. The van der Waals surface area contributed by atoms with E-state index >= 15 is 0 Å². The number of likely N-dealkylation sites (tertiary alicyclic amines) is 1. The van der Waals surface area contributed by atoms with Crippen molar-refractivity contribution in [2.45, 2.75) is 50.9 Å². The summed E-state index contributed by atoms with van der Waals surface area (Å²) in [7, 11) is 0. The maximum Gasteiger partial charge on any atom is 0.311 e. The molecule has 2 aliphatic heterocycles. The molecule has 1 amide bonds. The van der Waals surface area contributed by atoms with E-state index in [1.807, 2.05) is 6.92 Å². The predicted octanol–water partition coefficient (Wildman–Crippen LogP) is 3.37. The molecule has 2 fully saturated rings. The third kappa shape index (κ3) is 3.72. The molecule has 1 atom stereocenters. The van der Waals surface area contributed by atoms with Crippen LogP contribution in [0.25, 0.3) is 0 Å². The normalized spacial score (nSPS) is 25.2. The Morgan fingerprint density at radius 2 is 1.85 bits per heavy atom. The van der Waals surface area contributed by atoms with E-state index in [0.717, 1.165) is 12.0 Å². The van der Waals surface area contributed by atoms with Crippen molar-refractivity contribution < 1.29 is 23.8 Å². The third-order valence-electron chi connectivity index (χ3n) is 6.20. The van der Waals surface area contributed by atoms with Gasteiger partial charge in [0.15, 0.2) is 0 Å². The van der Waals surface area contributed by atoms with Crippen molar-refractivity contribution in [3.8, 4) is 0 Å². The Labute approximate surface area is 159 Å². The van der Waals surface area contributed by atoms with Crippen LogP contribution < -0.4 is 0 Å². The highest BCUT2D eigenvalue weighted by atomic mass is 19.1. The van der Waals surface area contributed by atoms with Gasteiger partial charge >= 0.3 is 5.97 Å². The molecule has 2 heterocycles. The van der Waals surface area contributed by atoms with Gasteiger partial charge in [-0.3, -0.25) is 9.59 Å². The number of rotatable bonds is 5. The molecule has 1 aromatic carbocycles. The number of halogens is 1. The van der Waals surface area contributed by atoms with Gasteiger partial charge in [0.2, 0.25) is 5.91 Å². The molecule has 6 heteroatoms. The number of hydrogen-bond donors (Lipinski definition) is 1. The van der Waals surface area contributed by atoms with Crippen molar-refractivity contribution in [1.82, 2.24) is 4.90 Å². The van der Waals surface area contributed by atoms with Crippen LogP contribution in [0.4, 0.5) is 4.39 Å². The minimum absolute atomic E-state index is 0.0427. The number of ether oxygens (including phenoxy) is 1. The maximum atomic E-state index is 13.7. The first-order valence-corrected chi connectivity index (χ1v) is 9.80. The molecule has 0 spiro atoms. The number of piperidine rings is 1. The van der Waals surface area contributed by atoms with Crippen LogP contribution in [0, 0.1) is 11.2 Å². The molecule has 0 saturated carbocycles. The maximum absolute atomic E-state index is 13.7. The van der Waals surface area contributed by atoms with Crippen molar-refractivity contribution in [3.05, 3.63) is 35.6 Å². The average Bonchev–Trinajstić information content (AvgIpc) is 2.69. The molecular weight excluding hydrogens is 349 g/mol. The fraction of sp³-hybridized carbons (Fsp3) is 0.619. The second-order valence-electron chi connectivity index (χ2n) is 7.87. The van der Waals surface area contributed by atoms with Crippen molar-refractivity contribution in [1.29, 1.82) is 0 Å². The molecule has 1 N–H and O–H groups in total. The van der Waals surface area contributed by atoms with Gasteiger partial charge in [0.25, 0.3) is 0 Å². The standard InChI is InChI=1S/C21H28FNO4/c1-2-8-20(19(25)26)9-3-12-23(15-20)18(24)21(10-13-27-14-11-21)16-4-6-17(22)7-5-16/h4-7H,2-3,8-15H2,1H3,(H,25,26). The summed E-state index contributed by atoms with van der Waals surface area (Å²) in [4.78, 5) is 27.4. The molecule has 5 nitrogen and oxygen atoms in total. The number of benzene rings is 1. The zero-order chi connectivity index (χ0) is 19.5. The summed E-state index contributed by atoms with van der Waals surface area (Å²) >= 11 is 0. The Morgan fingerprint density at radius 1 is 1.19 bits per heavy atom. The number of aliphatic carboxylic acids is 1. The molecule has 0 aromatic heterocycles. The van der Waals surface area contributed by atoms with Gasteiger partial charge in [0.05, 0.1) is 10.8 Å². The van der Waals surface area contributed by atoms with Crippen LogP contribution in [0.2, 0.25) is 0 Å². The predicted molar refractivity (Wildman–Crippen MR) is 98.9 cm³/mol. The molecule has 2 aliphatic rings. The van der Waals surface area contributed by atoms with E-state index in [-0.39, 0.29) is 18.3 Å². The van der Waals surface area contributed by atoms with Crippen LogP contribution >= 0.6 is 0 Å². The zero-order valence-corrected chi connectivity index (χ0v) is 15.9. The highest BCUT2D eigenvalue weighted by molar-refractivity contribution is 5.89. The Morgan fingerprint density at radius 3 is 2.44 bits per heavy atom. The molecule has 0 radical (unpaired) electrons. The monoisotopic (exact) mass is 377 g/mol. The topological polar surface area (TPSA) is 66.8 Å². The first-order chi connectivity index (χ1) is 12.9. The smallest absolute Gasteiger partial charge is 0.311 e. The van der Waals surface area contributed by atoms with E-state index in [0.29, 0.717) is 51.9 Å². The number of hydrogen-bond acceptors (Lipinski definition) is 3. The van der Waals surface area contributed by atoms with Crippen molar-refractivity contribution in [2.24, 2.45) is 5.41 Å². The highest BCUT2D eigenvalue weighted by Crippen LogP contribution is 2.41. The number of nitrogens with zero attached hydrogens (tertiary/aromatic N) is 1. The summed E-state index contributed by atoms with van der Waals surface area (Å²) in [5.41, 5.74) is -0.837. The quantitative estimate of drug-likeness (QED) is 0.854. The number of amides is 1. The lowest BCUT2D eigenvalue weighted by atomic mass is 9.71. The summed E-state index contributed by atoms with van der Waals surface area (Å²) < 4.78 is 18.9. The highest BCUT2D eigenvalue weighted by Gasteiger charge is 2.49. The van der Waals surface area contributed by atoms with Crippen molar-refractivity contribution >= 4 is 11.9 Å². The van der Waals surface area contributed by atoms with Gasteiger partial charge < -0.3 is 14.7 Å². The molecule has 1 unspecified atom stereocenters. The summed E-state index contributed by atoms with van der Waals surface area (Å²) in [5, 5.41) is 9.84. The molecule has 0 bridgehead atoms. The Kier molecular flexibility index (Phi) is 5.84. The van der Waals surface area contributed by atoms with Crippen molar-refractivity contribution in [2.75, 3.05) is 26.3 Å². The van der Waals surface area contributed by atoms with Crippen LogP contribution in [0.5, 0.6) is 0 Å². The summed E-state index contributed by atoms with van der Waals surface area (Å²) in [5.74, 6) is -1.19. The number of carboxylic acid groups (broad SMARTS) is 1. The Balaban J connectivity index is 1.92. The van der Waals surface area contributed by atoms with E-state index in [2.05, 4.69) is 0 Å². The molecular formula is C21H28FNO4. The van der Waals surface area contributed by atoms with Crippen LogP contribution in [0.15, 0.2) is 24.3 Å². The summed E-state index contributed by atoms with van der Waals surface area (Å²) in [6.45, 7) is 3.73. The second-order valence-corrected chi connectivity index (χ2v) is 7.87. The first-order valence-electron chi connectivity index (χ1n) is 9.80. The largest absolute Gasteiger partial charge is 0.481 e. The SMILES string of the molecule is CCCC1(C(=O)O)CCCN(C(=O)C2(c3ccc(F)cc3)CCOCC2)C1. The fourth-order valence-corrected chi connectivity index (χ4v) is 4.69. The molecule has 2 saturated heterocycles. The van der Waals surface area contributed by atoms with Crippen LogP contribution in [-0.2, 0) is 19.7 Å². The average molecular weight is 377 g/mol. The van der Waals surface area contributed by atoms with Gasteiger partial charge in [0.1, 0.15) is 5.82 Å². The molecule has 148 valence electrons. The first kappa shape index (κ1) is 19.8. The van der Waals surface area contributed by atoms with E-state index in [1.165, 1.54) is 12.1 Å². The van der Waals surface area contributed by atoms with Gasteiger partial charge in [-0.1, -0.05) is 25.5 Å². The molecule has 27 heavy (non-hydrogen) atoms. The van der Waals surface area contributed by atoms with Gasteiger partial charge in [-0.05, 0) is 49.8 Å². The fourth-order valence-electron chi connectivity index (χ4n) is 4.69. The second kappa shape index (κ2) is 7.97. The van der Waals surface area contributed by atoms with E-state index in [9.17, 15) is 19.1 Å². The lowest BCUT2D eigenvalue weighted by molar-refractivity contribution is -0.158. The summed E-state index contributed by atoms with van der Waals surface area (Å²) in [6, 6.07) is 6.13. The molecule has 1 aromatic rings.